The van der Waals surface area contributed by atoms with Crippen LogP contribution in [0.25, 0.3) is 10.9 Å². The van der Waals surface area contributed by atoms with Crippen molar-refractivity contribution in [1.29, 1.82) is 0 Å². The van der Waals surface area contributed by atoms with E-state index in [0.717, 1.165) is 16.9 Å². The molecule has 3 aromatic carbocycles. The van der Waals surface area contributed by atoms with E-state index in [1.165, 1.54) is 18.9 Å². The van der Waals surface area contributed by atoms with Crippen molar-refractivity contribution in [3.63, 3.8) is 0 Å². The maximum Gasteiger partial charge on any atom is 0.337 e. The molecule has 0 fully saturated rings. The molecular weight excluding hydrogens is 436 g/mol. The van der Waals surface area contributed by atoms with Crippen LogP contribution in [0, 0.1) is 0 Å². The number of carbonyl (C=O) groups excluding carboxylic acids is 1. The summed E-state index contributed by atoms with van der Waals surface area (Å²) in [6.45, 7) is 0.509. The standard InChI is InChI=1S/C26H24N2O4S/c1-31-21-11-8-19(9-12-21)17-33-26-27-23-16-20(25(30)32-2)10-13-22(23)24(29)28(26)15-14-18-6-4-3-5-7-18/h3-13,16H,14-15,17H2,1-2H3. The van der Waals surface area contributed by atoms with E-state index in [1.807, 2.05) is 54.6 Å². The Morgan fingerprint density at radius 3 is 2.42 bits per heavy atom. The quantitative estimate of drug-likeness (QED) is 0.215. The predicted octanol–water partition coefficient (Wildman–Crippen LogP) is 4.73. The summed E-state index contributed by atoms with van der Waals surface area (Å²) < 4.78 is 11.8. The summed E-state index contributed by atoms with van der Waals surface area (Å²) in [7, 11) is 2.97. The summed E-state index contributed by atoms with van der Waals surface area (Å²) in [5.41, 5.74) is 2.97. The monoisotopic (exact) mass is 460 g/mol. The number of benzene rings is 3. The number of rotatable bonds is 8. The van der Waals surface area contributed by atoms with Crippen LogP contribution in [0.5, 0.6) is 5.75 Å². The molecule has 0 N–H and O–H groups in total. The summed E-state index contributed by atoms with van der Waals surface area (Å²) in [6, 6.07) is 22.7. The number of fused-ring (bicyclic) bond motifs is 1. The minimum absolute atomic E-state index is 0.121. The Labute approximate surface area is 196 Å². The number of aromatic nitrogens is 2. The number of nitrogens with zero attached hydrogens (tertiary/aromatic N) is 2. The number of aryl methyl sites for hydroxylation is 1. The van der Waals surface area contributed by atoms with Crippen LogP contribution in [0.15, 0.2) is 82.7 Å². The van der Waals surface area contributed by atoms with Gasteiger partial charge in [-0.05, 0) is 47.9 Å². The molecule has 4 rings (SSSR count). The van der Waals surface area contributed by atoms with Crippen LogP contribution in [-0.4, -0.2) is 29.7 Å². The molecule has 0 amide bonds. The predicted molar refractivity (Wildman–Crippen MR) is 130 cm³/mol. The zero-order valence-corrected chi connectivity index (χ0v) is 19.3. The maximum atomic E-state index is 13.4. The highest BCUT2D eigenvalue weighted by Gasteiger charge is 2.15. The van der Waals surface area contributed by atoms with Gasteiger partial charge in [-0.25, -0.2) is 9.78 Å². The minimum atomic E-state index is -0.459. The van der Waals surface area contributed by atoms with Crippen molar-refractivity contribution in [2.75, 3.05) is 14.2 Å². The lowest BCUT2D eigenvalue weighted by Gasteiger charge is -2.14. The van der Waals surface area contributed by atoms with Crippen molar-refractivity contribution in [3.8, 4) is 5.75 Å². The highest BCUT2D eigenvalue weighted by atomic mass is 32.2. The molecule has 0 radical (unpaired) electrons. The van der Waals surface area contributed by atoms with Gasteiger partial charge in [0.05, 0.1) is 30.7 Å². The molecule has 0 saturated heterocycles. The first-order valence-corrected chi connectivity index (χ1v) is 11.5. The van der Waals surface area contributed by atoms with Crippen molar-refractivity contribution < 1.29 is 14.3 Å². The average Bonchev–Trinajstić information content (AvgIpc) is 2.87. The van der Waals surface area contributed by atoms with Crippen molar-refractivity contribution in [2.24, 2.45) is 0 Å². The molecule has 1 aromatic heterocycles. The summed E-state index contributed by atoms with van der Waals surface area (Å²) in [4.78, 5) is 30.1. The third-order valence-electron chi connectivity index (χ3n) is 5.34. The van der Waals surface area contributed by atoms with Crippen molar-refractivity contribution >= 4 is 28.6 Å². The molecule has 6 nitrogen and oxygen atoms in total. The molecule has 0 bridgehead atoms. The first-order valence-electron chi connectivity index (χ1n) is 10.5. The Balaban J connectivity index is 1.70. The third kappa shape index (κ3) is 5.26. The number of hydrogen-bond acceptors (Lipinski definition) is 6. The topological polar surface area (TPSA) is 70.4 Å². The van der Waals surface area contributed by atoms with Crippen LogP contribution in [0.3, 0.4) is 0 Å². The molecule has 4 aromatic rings. The highest BCUT2D eigenvalue weighted by Crippen LogP contribution is 2.24. The van der Waals surface area contributed by atoms with Crippen molar-refractivity contribution in [1.82, 2.24) is 9.55 Å². The van der Waals surface area contributed by atoms with E-state index in [9.17, 15) is 9.59 Å². The fourth-order valence-corrected chi connectivity index (χ4v) is 4.49. The van der Waals surface area contributed by atoms with E-state index >= 15 is 0 Å². The van der Waals surface area contributed by atoms with Crippen molar-refractivity contribution in [3.05, 3.63) is 99.8 Å². The van der Waals surface area contributed by atoms with Crippen molar-refractivity contribution in [2.45, 2.75) is 23.9 Å². The largest absolute Gasteiger partial charge is 0.497 e. The average molecular weight is 461 g/mol. The molecule has 0 saturated carbocycles. The van der Waals surface area contributed by atoms with E-state index in [2.05, 4.69) is 0 Å². The Morgan fingerprint density at radius 1 is 0.970 bits per heavy atom. The molecule has 33 heavy (non-hydrogen) atoms. The van der Waals surface area contributed by atoms with Gasteiger partial charge in [-0.2, -0.15) is 0 Å². The van der Waals surface area contributed by atoms with Gasteiger partial charge in [-0.15, -0.1) is 0 Å². The molecule has 0 spiro atoms. The Bertz CT molecular complexity index is 1320. The summed E-state index contributed by atoms with van der Waals surface area (Å²) in [6.07, 6.45) is 0.713. The van der Waals surface area contributed by atoms with Gasteiger partial charge in [0.25, 0.3) is 5.56 Å². The third-order valence-corrected chi connectivity index (χ3v) is 6.38. The van der Waals surface area contributed by atoms with E-state index in [4.69, 9.17) is 14.5 Å². The molecule has 0 aliphatic rings. The van der Waals surface area contributed by atoms with E-state index in [1.54, 1.807) is 29.9 Å². The number of ether oxygens (including phenoxy) is 2. The highest BCUT2D eigenvalue weighted by molar-refractivity contribution is 7.98. The van der Waals surface area contributed by atoms with Gasteiger partial charge in [-0.1, -0.05) is 54.2 Å². The van der Waals surface area contributed by atoms with Crippen LogP contribution in [0.1, 0.15) is 21.5 Å². The maximum absolute atomic E-state index is 13.4. The molecule has 0 atom stereocenters. The Morgan fingerprint density at radius 2 is 1.73 bits per heavy atom. The van der Waals surface area contributed by atoms with Crippen LogP contribution >= 0.6 is 11.8 Å². The lowest BCUT2D eigenvalue weighted by Crippen LogP contribution is -2.24. The fraction of sp³-hybridized carbons (Fsp3) is 0.192. The van der Waals surface area contributed by atoms with Crippen LogP contribution in [-0.2, 0) is 23.5 Å². The SMILES string of the molecule is COC(=O)c1ccc2c(=O)n(CCc3ccccc3)c(SCc3ccc(OC)cc3)nc2c1. The van der Waals surface area contributed by atoms with Crippen LogP contribution in [0.2, 0.25) is 0 Å². The van der Waals surface area contributed by atoms with Gasteiger partial charge in [0.2, 0.25) is 0 Å². The van der Waals surface area contributed by atoms with E-state index in [-0.39, 0.29) is 5.56 Å². The van der Waals surface area contributed by atoms with Crippen LogP contribution in [0.4, 0.5) is 0 Å². The van der Waals surface area contributed by atoms with E-state index in [0.29, 0.717) is 40.3 Å². The normalized spacial score (nSPS) is 10.8. The van der Waals surface area contributed by atoms with Gasteiger partial charge < -0.3 is 9.47 Å². The molecule has 0 unspecified atom stereocenters. The Hall–Kier alpha value is -3.58. The molecular formula is C26H24N2O4S. The fourth-order valence-electron chi connectivity index (χ4n) is 3.51. The minimum Gasteiger partial charge on any atom is -0.497 e. The Kier molecular flexibility index (Phi) is 7.10. The number of thioether (sulfide) groups is 1. The lowest BCUT2D eigenvalue weighted by atomic mass is 10.1. The number of esters is 1. The summed E-state index contributed by atoms with van der Waals surface area (Å²) in [5.74, 6) is 0.978. The van der Waals surface area contributed by atoms with Crippen LogP contribution < -0.4 is 10.3 Å². The molecule has 7 heteroatoms. The molecule has 0 aliphatic carbocycles. The number of methoxy groups -OCH3 is 2. The number of carbonyl (C=O) groups is 1. The van der Waals surface area contributed by atoms with Gasteiger partial charge >= 0.3 is 5.97 Å². The second-order valence-electron chi connectivity index (χ2n) is 7.45. The second-order valence-corrected chi connectivity index (χ2v) is 8.39. The molecule has 0 aliphatic heterocycles. The first kappa shape index (κ1) is 22.6. The van der Waals surface area contributed by atoms with Gasteiger partial charge in [-0.3, -0.25) is 9.36 Å². The van der Waals surface area contributed by atoms with E-state index < -0.39 is 5.97 Å². The zero-order chi connectivity index (χ0) is 23.2. The first-order chi connectivity index (χ1) is 16.1. The smallest absolute Gasteiger partial charge is 0.337 e. The van der Waals surface area contributed by atoms with Gasteiger partial charge in [0.1, 0.15) is 5.75 Å². The van der Waals surface area contributed by atoms with Gasteiger partial charge in [0, 0.05) is 12.3 Å². The summed E-state index contributed by atoms with van der Waals surface area (Å²) >= 11 is 1.49. The molecule has 168 valence electrons. The molecule has 1 heterocycles. The summed E-state index contributed by atoms with van der Waals surface area (Å²) in [5, 5.41) is 1.09. The number of hydrogen-bond donors (Lipinski definition) is 0. The lowest BCUT2D eigenvalue weighted by molar-refractivity contribution is 0.0601. The second kappa shape index (κ2) is 10.4. The van der Waals surface area contributed by atoms with Gasteiger partial charge in [0.15, 0.2) is 5.16 Å². The zero-order valence-electron chi connectivity index (χ0n) is 18.5.